The molecule has 1 fully saturated rings. The van der Waals surface area contributed by atoms with Gasteiger partial charge in [0.1, 0.15) is 11.9 Å². The molecule has 2 amide bonds. The number of carbonyl (C=O) groups is 1. The van der Waals surface area contributed by atoms with Crippen LogP contribution in [0.4, 0.5) is 9.18 Å². The van der Waals surface area contributed by atoms with Crippen LogP contribution in [0.2, 0.25) is 0 Å². The van der Waals surface area contributed by atoms with Gasteiger partial charge in [-0.05, 0) is 23.3 Å². The predicted octanol–water partition coefficient (Wildman–Crippen LogP) is 3.89. The highest BCUT2D eigenvalue weighted by molar-refractivity contribution is 5.74. The number of hydrogen-bond donors (Lipinski definition) is 1. The van der Waals surface area contributed by atoms with E-state index in [2.05, 4.69) is 31.3 Å². The molecule has 3 rings (SSSR count). The minimum absolute atomic E-state index is 0.0931. The van der Waals surface area contributed by atoms with Crippen molar-refractivity contribution >= 4 is 6.03 Å². The average molecular weight is 356 g/mol. The molecule has 1 aliphatic heterocycles. The fraction of sp³-hybridized carbons (Fsp3) is 0.381. The molecule has 26 heavy (non-hydrogen) atoms. The minimum Gasteiger partial charge on any atom is -0.370 e. The lowest BCUT2D eigenvalue weighted by Gasteiger charge is -2.34. The summed E-state index contributed by atoms with van der Waals surface area (Å²) in [5.41, 5.74) is 1.92. The van der Waals surface area contributed by atoms with Crippen molar-refractivity contribution in [2.75, 3.05) is 26.2 Å². The van der Waals surface area contributed by atoms with Crippen LogP contribution < -0.4 is 5.32 Å². The van der Waals surface area contributed by atoms with Gasteiger partial charge in [-0.3, -0.25) is 0 Å². The Hall–Kier alpha value is -2.40. The fourth-order valence-electron chi connectivity index (χ4n) is 3.11. The van der Waals surface area contributed by atoms with E-state index in [-0.39, 0.29) is 23.4 Å². The van der Waals surface area contributed by atoms with Crippen LogP contribution >= 0.6 is 0 Å². The van der Waals surface area contributed by atoms with E-state index in [9.17, 15) is 9.18 Å². The zero-order valence-electron chi connectivity index (χ0n) is 15.2. The first-order valence-electron chi connectivity index (χ1n) is 8.91. The maximum absolute atomic E-state index is 13.1. The van der Waals surface area contributed by atoms with Crippen LogP contribution in [0.1, 0.15) is 31.1 Å². The minimum atomic E-state index is -0.276. The van der Waals surface area contributed by atoms with Gasteiger partial charge in [0.2, 0.25) is 0 Å². The zero-order valence-corrected chi connectivity index (χ0v) is 15.2. The number of nitrogens with one attached hydrogen (secondary N) is 1. The molecule has 1 saturated heterocycles. The molecule has 0 radical (unpaired) electrons. The lowest BCUT2D eigenvalue weighted by atomic mass is 9.85. The highest BCUT2D eigenvalue weighted by Crippen LogP contribution is 2.24. The highest BCUT2D eigenvalue weighted by atomic mass is 19.1. The number of nitrogens with zero attached hydrogens (tertiary/aromatic N) is 1. The summed E-state index contributed by atoms with van der Waals surface area (Å²) in [6, 6.07) is 16.3. The van der Waals surface area contributed by atoms with Crippen LogP contribution in [-0.4, -0.2) is 37.2 Å². The largest absolute Gasteiger partial charge is 0.370 e. The number of amides is 2. The van der Waals surface area contributed by atoms with Crippen molar-refractivity contribution in [1.82, 2.24) is 10.2 Å². The van der Waals surface area contributed by atoms with Gasteiger partial charge >= 0.3 is 6.03 Å². The summed E-state index contributed by atoms with van der Waals surface area (Å²) in [6.45, 7) is 6.26. The van der Waals surface area contributed by atoms with E-state index < -0.39 is 0 Å². The van der Waals surface area contributed by atoms with E-state index in [1.807, 2.05) is 18.2 Å². The van der Waals surface area contributed by atoms with Crippen LogP contribution in [-0.2, 0) is 10.2 Å². The van der Waals surface area contributed by atoms with Crippen molar-refractivity contribution in [2.45, 2.75) is 25.4 Å². The standard InChI is InChI=1S/C21H25FN2O2/c1-21(2,17-6-4-3-5-7-17)15-23-20(25)24-12-13-26-19(14-24)16-8-10-18(22)11-9-16/h3-11,19H,12-15H2,1-2H3,(H,23,25). The second-order valence-electron chi connectivity index (χ2n) is 7.27. The van der Waals surface area contributed by atoms with Crippen molar-refractivity contribution in [3.8, 4) is 0 Å². The normalized spacial score (nSPS) is 17.8. The first-order valence-corrected chi connectivity index (χ1v) is 8.91. The molecule has 2 aromatic carbocycles. The molecule has 1 N–H and O–H groups in total. The number of halogens is 1. The second kappa shape index (κ2) is 7.87. The average Bonchev–Trinajstić information content (AvgIpc) is 2.67. The Morgan fingerprint density at radius 2 is 1.88 bits per heavy atom. The molecule has 138 valence electrons. The Balaban J connectivity index is 1.58. The van der Waals surface area contributed by atoms with Gasteiger partial charge < -0.3 is 15.0 Å². The number of urea groups is 1. The first kappa shape index (κ1) is 18.4. The number of hydrogen-bond acceptors (Lipinski definition) is 2. The Labute approximate surface area is 154 Å². The SMILES string of the molecule is CC(C)(CNC(=O)N1CCOC(c2ccc(F)cc2)C1)c1ccccc1. The van der Waals surface area contributed by atoms with Gasteiger partial charge in [0.25, 0.3) is 0 Å². The Morgan fingerprint density at radius 3 is 2.58 bits per heavy atom. The van der Waals surface area contributed by atoms with Crippen LogP contribution in [0.5, 0.6) is 0 Å². The first-order chi connectivity index (χ1) is 12.5. The molecule has 0 aromatic heterocycles. The van der Waals surface area contributed by atoms with Crippen LogP contribution in [0.15, 0.2) is 54.6 Å². The molecule has 1 aliphatic rings. The smallest absolute Gasteiger partial charge is 0.317 e. The van der Waals surface area contributed by atoms with Gasteiger partial charge in [-0.15, -0.1) is 0 Å². The molecule has 2 aromatic rings. The summed E-state index contributed by atoms with van der Waals surface area (Å²) in [5.74, 6) is -0.276. The van der Waals surface area contributed by atoms with Crippen LogP contribution in [0.25, 0.3) is 0 Å². The van der Waals surface area contributed by atoms with Gasteiger partial charge in [-0.25, -0.2) is 9.18 Å². The number of rotatable bonds is 4. The Bertz CT molecular complexity index is 731. The molecule has 1 heterocycles. The van der Waals surface area contributed by atoms with E-state index in [4.69, 9.17) is 4.74 Å². The van der Waals surface area contributed by atoms with Crippen LogP contribution in [0.3, 0.4) is 0 Å². The van der Waals surface area contributed by atoms with E-state index in [1.165, 1.54) is 17.7 Å². The van der Waals surface area contributed by atoms with E-state index in [1.54, 1.807) is 17.0 Å². The maximum atomic E-state index is 13.1. The second-order valence-corrected chi connectivity index (χ2v) is 7.27. The Kier molecular flexibility index (Phi) is 5.57. The molecular formula is C21H25FN2O2. The molecule has 0 bridgehead atoms. The molecule has 0 saturated carbocycles. The summed E-state index contributed by atoms with van der Waals surface area (Å²) in [7, 11) is 0. The Morgan fingerprint density at radius 1 is 1.19 bits per heavy atom. The summed E-state index contributed by atoms with van der Waals surface area (Å²) in [6.07, 6.45) is -0.225. The van der Waals surface area contributed by atoms with Crippen molar-refractivity contribution in [3.63, 3.8) is 0 Å². The van der Waals surface area contributed by atoms with Crippen LogP contribution in [0, 0.1) is 5.82 Å². The topological polar surface area (TPSA) is 41.6 Å². The quantitative estimate of drug-likeness (QED) is 0.903. The summed E-state index contributed by atoms with van der Waals surface area (Å²) >= 11 is 0. The molecule has 0 spiro atoms. The summed E-state index contributed by atoms with van der Waals surface area (Å²) in [4.78, 5) is 14.4. The predicted molar refractivity (Wildman–Crippen MR) is 99.5 cm³/mol. The summed E-state index contributed by atoms with van der Waals surface area (Å²) < 4.78 is 18.9. The molecule has 0 aliphatic carbocycles. The molecule has 4 nitrogen and oxygen atoms in total. The fourth-order valence-corrected chi connectivity index (χ4v) is 3.11. The van der Waals surface area contributed by atoms with Gasteiger partial charge in [-0.2, -0.15) is 0 Å². The molecule has 1 atom stereocenters. The maximum Gasteiger partial charge on any atom is 0.317 e. The highest BCUT2D eigenvalue weighted by Gasteiger charge is 2.27. The third kappa shape index (κ3) is 4.41. The van der Waals surface area contributed by atoms with Crippen molar-refractivity contribution in [1.29, 1.82) is 0 Å². The monoisotopic (exact) mass is 356 g/mol. The third-order valence-corrected chi connectivity index (χ3v) is 4.83. The number of benzene rings is 2. The van der Waals surface area contributed by atoms with Gasteiger partial charge in [0, 0.05) is 18.5 Å². The third-order valence-electron chi connectivity index (χ3n) is 4.83. The molecule has 1 unspecified atom stereocenters. The number of carbonyl (C=O) groups excluding carboxylic acids is 1. The molecule has 5 heteroatoms. The van der Waals surface area contributed by atoms with E-state index in [0.717, 1.165) is 5.56 Å². The summed E-state index contributed by atoms with van der Waals surface area (Å²) in [5, 5.41) is 3.04. The van der Waals surface area contributed by atoms with Crippen molar-refractivity contribution < 1.29 is 13.9 Å². The molecular weight excluding hydrogens is 331 g/mol. The lowest BCUT2D eigenvalue weighted by Crippen LogP contribution is -2.49. The van der Waals surface area contributed by atoms with Crippen molar-refractivity contribution in [3.05, 3.63) is 71.5 Å². The lowest BCUT2D eigenvalue weighted by molar-refractivity contribution is -0.0155. The van der Waals surface area contributed by atoms with E-state index >= 15 is 0 Å². The van der Waals surface area contributed by atoms with Gasteiger partial charge in [-0.1, -0.05) is 56.3 Å². The van der Waals surface area contributed by atoms with Gasteiger partial charge in [0.05, 0.1) is 13.2 Å². The zero-order chi connectivity index (χ0) is 18.6. The van der Waals surface area contributed by atoms with Gasteiger partial charge in [0.15, 0.2) is 0 Å². The van der Waals surface area contributed by atoms with E-state index in [0.29, 0.717) is 26.2 Å². The van der Waals surface area contributed by atoms with Crippen molar-refractivity contribution in [2.24, 2.45) is 0 Å². The number of morpholine rings is 1. The number of ether oxygens (including phenoxy) is 1.